The van der Waals surface area contributed by atoms with Crippen LogP contribution in [-0.2, 0) is 6.54 Å². The molecule has 0 atom stereocenters. The van der Waals surface area contributed by atoms with Crippen LogP contribution < -0.4 is 5.73 Å². The number of likely N-dealkylation sites (N-methyl/N-ethyl adjacent to an activating group) is 2. The van der Waals surface area contributed by atoms with E-state index in [1.165, 1.54) is 0 Å². The number of hydrogen-bond acceptors (Lipinski definition) is 4. The Kier molecular flexibility index (Phi) is 5.61. The van der Waals surface area contributed by atoms with E-state index in [4.69, 9.17) is 10.9 Å². The first-order valence-electron chi connectivity index (χ1n) is 5.93. The van der Waals surface area contributed by atoms with Gasteiger partial charge < -0.3 is 20.7 Å². The highest BCUT2D eigenvalue weighted by molar-refractivity contribution is 5.98. The van der Waals surface area contributed by atoms with Crippen molar-refractivity contribution in [2.24, 2.45) is 10.9 Å². The highest BCUT2D eigenvalue weighted by Crippen LogP contribution is 2.10. The van der Waals surface area contributed by atoms with Crippen LogP contribution in [0.1, 0.15) is 11.1 Å². The monoisotopic (exact) mass is 250 g/mol. The van der Waals surface area contributed by atoms with Crippen molar-refractivity contribution in [3.63, 3.8) is 0 Å². The molecular weight excluding hydrogens is 228 g/mol. The molecule has 0 aromatic heterocycles. The summed E-state index contributed by atoms with van der Waals surface area (Å²) in [5, 5.41) is 11.8. The number of nitrogens with two attached hydrogens (primary N) is 1. The quantitative estimate of drug-likeness (QED) is 0.339. The molecule has 100 valence electrons. The lowest BCUT2D eigenvalue weighted by Gasteiger charge is -2.20. The zero-order chi connectivity index (χ0) is 13.5. The van der Waals surface area contributed by atoms with Crippen LogP contribution >= 0.6 is 0 Å². The Morgan fingerprint density at radius 3 is 2.50 bits per heavy atom. The molecule has 0 fully saturated rings. The first-order chi connectivity index (χ1) is 8.54. The average Bonchev–Trinajstić information content (AvgIpc) is 2.36. The van der Waals surface area contributed by atoms with Crippen molar-refractivity contribution < 1.29 is 5.21 Å². The summed E-state index contributed by atoms with van der Waals surface area (Å²) in [5.41, 5.74) is 7.52. The number of benzene rings is 1. The summed E-state index contributed by atoms with van der Waals surface area (Å²) in [6.07, 6.45) is 0. The summed E-state index contributed by atoms with van der Waals surface area (Å²) in [6, 6.07) is 7.71. The normalized spacial score (nSPS) is 12.4. The maximum atomic E-state index is 8.77. The van der Waals surface area contributed by atoms with Gasteiger partial charge in [0, 0.05) is 25.2 Å². The number of amidine groups is 1. The Morgan fingerprint density at radius 1 is 1.22 bits per heavy atom. The largest absolute Gasteiger partial charge is 0.409 e. The molecular formula is C13H22N4O. The molecule has 0 saturated carbocycles. The van der Waals surface area contributed by atoms with E-state index in [0.29, 0.717) is 0 Å². The van der Waals surface area contributed by atoms with Gasteiger partial charge in [0.2, 0.25) is 0 Å². The molecule has 1 aromatic carbocycles. The average molecular weight is 250 g/mol. The second kappa shape index (κ2) is 6.98. The minimum Gasteiger partial charge on any atom is -0.409 e. The SMILES string of the molecule is CN(C)CCN(C)Cc1ccccc1C(N)=NO. The van der Waals surface area contributed by atoms with Crippen LogP contribution in [0.4, 0.5) is 0 Å². The number of rotatable bonds is 6. The zero-order valence-electron chi connectivity index (χ0n) is 11.3. The standard InChI is InChI=1S/C13H22N4O/c1-16(2)8-9-17(3)10-11-6-4-5-7-12(11)13(14)15-18/h4-7,18H,8-10H2,1-3H3,(H2,14,15). The highest BCUT2D eigenvalue weighted by atomic mass is 16.4. The van der Waals surface area contributed by atoms with Gasteiger partial charge in [-0.3, -0.25) is 0 Å². The highest BCUT2D eigenvalue weighted by Gasteiger charge is 2.08. The predicted molar refractivity (Wildman–Crippen MR) is 73.8 cm³/mol. The lowest BCUT2D eigenvalue weighted by molar-refractivity contribution is 0.276. The summed E-state index contributed by atoms with van der Waals surface area (Å²) in [5.74, 6) is 0.159. The number of oxime groups is 1. The van der Waals surface area contributed by atoms with Crippen molar-refractivity contribution in [2.45, 2.75) is 6.54 Å². The molecule has 0 heterocycles. The molecule has 0 amide bonds. The molecule has 0 aliphatic heterocycles. The number of nitrogens with zero attached hydrogens (tertiary/aromatic N) is 3. The molecule has 1 rings (SSSR count). The lowest BCUT2D eigenvalue weighted by Crippen LogP contribution is -2.29. The summed E-state index contributed by atoms with van der Waals surface area (Å²) in [4.78, 5) is 4.36. The van der Waals surface area contributed by atoms with E-state index < -0.39 is 0 Å². The van der Waals surface area contributed by atoms with E-state index in [9.17, 15) is 0 Å². The zero-order valence-corrected chi connectivity index (χ0v) is 11.3. The molecule has 0 radical (unpaired) electrons. The lowest BCUT2D eigenvalue weighted by atomic mass is 10.1. The Bertz CT molecular complexity index is 404. The van der Waals surface area contributed by atoms with E-state index in [1.54, 1.807) is 0 Å². The van der Waals surface area contributed by atoms with Gasteiger partial charge in [0.1, 0.15) is 0 Å². The molecule has 5 heteroatoms. The van der Waals surface area contributed by atoms with Crippen LogP contribution in [-0.4, -0.2) is 55.1 Å². The fourth-order valence-electron chi connectivity index (χ4n) is 1.70. The summed E-state index contributed by atoms with van der Waals surface area (Å²) >= 11 is 0. The van der Waals surface area contributed by atoms with Crippen LogP contribution in [0.3, 0.4) is 0 Å². The summed E-state index contributed by atoms with van der Waals surface area (Å²) in [6.45, 7) is 2.75. The Balaban J connectivity index is 2.72. The van der Waals surface area contributed by atoms with Gasteiger partial charge in [-0.25, -0.2) is 0 Å². The molecule has 3 N–H and O–H groups in total. The molecule has 0 spiro atoms. The van der Waals surface area contributed by atoms with E-state index in [-0.39, 0.29) is 5.84 Å². The van der Waals surface area contributed by atoms with Crippen molar-refractivity contribution in [2.75, 3.05) is 34.2 Å². The summed E-state index contributed by atoms with van der Waals surface area (Å²) < 4.78 is 0. The van der Waals surface area contributed by atoms with Crippen LogP contribution in [0.5, 0.6) is 0 Å². The van der Waals surface area contributed by atoms with Crippen molar-refractivity contribution >= 4 is 5.84 Å². The van der Waals surface area contributed by atoms with Gasteiger partial charge in [-0.05, 0) is 26.7 Å². The first kappa shape index (κ1) is 14.5. The molecule has 5 nitrogen and oxygen atoms in total. The minimum atomic E-state index is 0.159. The predicted octanol–water partition coefficient (Wildman–Crippen LogP) is 0.774. The van der Waals surface area contributed by atoms with Crippen LogP contribution in [0, 0.1) is 0 Å². The van der Waals surface area contributed by atoms with Gasteiger partial charge in [-0.1, -0.05) is 29.4 Å². The van der Waals surface area contributed by atoms with Crippen molar-refractivity contribution in [1.29, 1.82) is 0 Å². The Morgan fingerprint density at radius 2 is 1.89 bits per heavy atom. The fraction of sp³-hybridized carbons (Fsp3) is 0.462. The molecule has 1 aromatic rings. The maximum absolute atomic E-state index is 8.77. The van der Waals surface area contributed by atoms with Crippen molar-refractivity contribution in [3.8, 4) is 0 Å². The topological polar surface area (TPSA) is 65.1 Å². The van der Waals surface area contributed by atoms with Crippen LogP contribution in [0.15, 0.2) is 29.4 Å². The van der Waals surface area contributed by atoms with E-state index in [0.717, 1.165) is 30.8 Å². The third-order valence-electron chi connectivity index (χ3n) is 2.77. The molecule has 0 bridgehead atoms. The third kappa shape index (κ3) is 4.35. The van der Waals surface area contributed by atoms with Gasteiger partial charge in [0.25, 0.3) is 0 Å². The van der Waals surface area contributed by atoms with Gasteiger partial charge >= 0.3 is 0 Å². The third-order valence-corrected chi connectivity index (χ3v) is 2.77. The molecule has 0 unspecified atom stereocenters. The van der Waals surface area contributed by atoms with Gasteiger partial charge in [-0.2, -0.15) is 0 Å². The van der Waals surface area contributed by atoms with Crippen molar-refractivity contribution in [3.05, 3.63) is 35.4 Å². The van der Waals surface area contributed by atoms with E-state index >= 15 is 0 Å². The maximum Gasteiger partial charge on any atom is 0.170 e. The fourth-order valence-corrected chi connectivity index (χ4v) is 1.70. The number of hydrogen-bond donors (Lipinski definition) is 2. The van der Waals surface area contributed by atoms with Crippen LogP contribution in [0.25, 0.3) is 0 Å². The van der Waals surface area contributed by atoms with Gasteiger partial charge in [0.15, 0.2) is 5.84 Å². The second-order valence-corrected chi connectivity index (χ2v) is 4.68. The molecule has 0 aliphatic carbocycles. The van der Waals surface area contributed by atoms with Crippen LogP contribution in [0.2, 0.25) is 0 Å². The first-order valence-corrected chi connectivity index (χ1v) is 5.93. The molecule has 0 aliphatic rings. The van der Waals surface area contributed by atoms with E-state index in [2.05, 4.69) is 36.1 Å². The second-order valence-electron chi connectivity index (χ2n) is 4.68. The van der Waals surface area contributed by atoms with E-state index in [1.807, 2.05) is 24.3 Å². The van der Waals surface area contributed by atoms with Gasteiger partial charge in [-0.15, -0.1) is 0 Å². The molecule has 18 heavy (non-hydrogen) atoms. The van der Waals surface area contributed by atoms with Crippen molar-refractivity contribution in [1.82, 2.24) is 9.80 Å². The van der Waals surface area contributed by atoms with Gasteiger partial charge in [0.05, 0.1) is 0 Å². The summed E-state index contributed by atoms with van der Waals surface area (Å²) in [7, 11) is 6.17. The Labute approximate surface area is 108 Å². The smallest absolute Gasteiger partial charge is 0.170 e. The molecule has 0 saturated heterocycles. The Hall–Kier alpha value is -1.59. The minimum absolute atomic E-state index is 0.159.